The molecule has 2 aliphatic rings. The van der Waals surface area contributed by atoms with Gasteiger partial charge < -0.3 is 0 Å². The Morgan fingerprint density at radius 2 is 1.58 bits per heavy atom. The molecule has 24 heavy (non-hydrogen) atoms. The topological polar surface area (TPSA) is 37.4 Å². The fraction of sp³-hybridized carbons (Fsp3) is 0.700. The van der Waals surface area contributed by atoms with Gasteiger partial charge in [-0.05, 0) is 55.2 Å². The van der Waals surface area contributed by atoms with Gasteiger partial charge in [0.2, 0.25) is 10.0 Å². The van der Waals surface area contributed by atoms with Crippen LogP contribution in [0.3, 0.4) is 0 Å². The van der Waals surface area contributed by atoms with E-state index in [0.29, 0.717) is 18.0 Å². The monoisotopic (exact) mass is 349 g/mol. The molecule has 0 atom stereocenters. The van der Waals surface area contributed by atoms with Crippen LogP contribution in [-0.4, -0.2) is 25.8 Å². The number of piperidine rings is 1. The molecule has 1 saturated heterocycles. The van der Waals surface area contributed by atoms with E-state index in [1.54, 1.807) is 4.31 Å². The van der Waals surface area contributed by atoms with Crippen LogP contribution in [0, 0.1) is 11.8 Å². The summed E-state index contributed by atoms with van der Waals surface area (Å²) < 4.78 is 27.0. The number of rotatable bonds is 5. The summed E-state index contributed by atoms with van der Waals surface area (Å²) in [6, 6.07) is 7.65. The van der Waals surface area contributed by atoms with E-state index in [2.05, 4.69) is 6.92 Å². The summed E-state index contributed by atoms with van der Waals surface area (Å²) in [7, 11) is -3.29. The minimum Gasteiger partial charge on any atom is -0.207 e. The van der Waals surface area contributed by atoms with Gasteiger partial charge in [-0.1, -0.05) is 51.2 Å². The summed E-state index contributed by atoms with van der Waals surface area (Å²) in [5.41, 5.74) is 1.27. The second-order valence-electron chi connectivity index (χ2n) is 7.77. The van der Waals surface area contributed by atoms with Crippen molar-refractivity contribution in [2.45, 2.75) is 69.6 Å². The lowest BCUT2D eigenvalue weighted by Crippen LogP contribution is -2.35. The first-order chi connectivity index (χ1) is 11.6. The maximum atomic E-state index is 12.7. The average molecular weight is 350 g/mol. The second kappa shape index (κ2) is 8.01. The molecule has 0 bridgehead atoms. The lowest BCUT2D eigenvalue weighted by molar-refractivity contribution is 0.278. The van der Waals surface area contributed by atoms with E-state index in [-0.39, 0.29) is 0 Å². The Balaban J connectivity index is 1.56. The molecular formula is C20H31NO2S. The quantitative estimate of drug-likeness (QED) is 0.778. The molecule has 1 heterocycles. The third kappa shape index (κ3) is 4.40. The van der Waals surface area contributed by atoms with Crippen LogP contribution in [-0.2, 0) is 16.4 Å². The molecule has 0 N–H and O–H groups in total. The highest BCUT2D eigenvalue weighted by Crippen LogP contribution is 2.31. The van der Waals surface area contributed by atoms with Crippen LogP contribution < -0.4 is 0 Å². The molecule has 0 spiro atoms. The predicted octanol–water partition coefficient (Wildman–Crippen LogP) is 4.62. The summed E-state index contributed by atoms with van der Waals surface area (Å²) >= 11 is 0. The van der Waals surface area contributed by atoms with Gasteiger partial charge in [-0.15, -0.1) is 0 Å². The van der Waals surface area contributed by atoms with Crippen LogP contribution in [0.25, 0.3) is 0 Å². The van der Waals surface area contributed by atoms with Crippen LogP contribution >= 0.6 is 0 Å². The van der Waals surface area contributed by atoms with Crippen LogP contribution in [0.2, 0.25) is 0 Å². The summed E-state index contributed by atoms with van der Waals surface area (Å²) in [6.07, 6.45) is 10.9. The van der Waals surface area contributed by atoms with Gasteiger partial charge in [0.25, 0.3) is 0 Å². The maximum absolute atomic E-state index is 12.7. The van der Waals surface area contributed by atoms with Crippen molar-refractivity contribution in [3.8, 4) is 0 Å². The van der Waals surface area contributed by atoms with E-state index in [1.165, 1.54) is 37.7 Å². The van der Waals surface area contributed by atoms with Crippen molar-refractivity contribution in [1.82, 2.24) is 4.31 Å². The van der Waals surface area contributed by atoms with Crippen molar-refractivity contribution in [2.24, 2.45) is 11.8 Å². The highest BCUT2D eigenvalue weighted by Gasteiger charge is 2.25. The first-order valence-corrected chi connectivity index (χ1v) is 11.1. The smallest absolute Gasteiger partial charge is 0.207 e. The second-order valence-corrected chi connectivity index (χ2v) is 9.71. The molecule has 134 valence electrons. The molecular weight excluding hydrogens is 318 g/mol. The van der Waals surface area contributed by atoms with Crippen molar-refractivity contribution in [3.63, 3.8) is 0 Å². The number of aryl methyl sites for hydroxylation is 1. The molecule has 1 aliphatic carbocycles. The molecule has 1 aromatic carbocycles. The van der Waals surface area contributed by atoms with Gasteiger partial charge in [0.1, 0.15) is 0 Å². The van der Waals surface area contributed by atoms with E-state index in [1.807, 2.05) is 24.3 Å². The molecule has 0 amide bonds. The van der Waals surface area contributed by atoms with Gasteiger partial charge in [-0.2, -0.15) is 4.31 Å². The van der Waals surface area contributed by atoms with Gasteiger partial charge in [-0.3, -0.25) is 0 Å². The number of hydrogen-bond donors (Lipinski definition) is 0. The van der Waals surface area contributed by atoms with Crippen LogP contribution in [0.4, 0.5) is 0 Å². The zero-order valence-electron chi connectivity index (χ0n) is 14.9. The Morgan fingerprint density at radius 1 is 0.958 bits per heavy atom. The van der Waals surface area contributed by atoms with E-state index >= 15 is 0 Å². The Bertz CT molecular complexity index is 610. The first-order valence-electron chi connectivity index (χ1n) is 9.65. The fourth-order valence-electron chi connectivity index (χ4n) is 4.07. The SMILES string of the molecule is CC1CCC(CCc2ccc(S(=O)(=O)N3CCCCC3)cc2)CC1. The van der Waals surface area contributed by atoms with E-state index < -0.39 is 10.0 Å². The number of hydrogen-bond acceptors (Lipinski definition) is 2. The Morgan fingerprint density at radius 3 is 2.21 bits per heavy atom. The number of nitrogens with zero attached hydrogens (tertiary/aromatic N) is 1. The molecule has 0 unspecified atom stereocenters. The minimum absolute atomic E-state index is 0.458. The molecule has 3 rings (SSSR count). The molecule has 4 heteroatoms. The van der Waals surface area contributed by atoms with Crippen molar-refractivity contribution >= 4 is 10.0 Å². The largest absolute Gasteiger partial charge is 0.243 e. The van der Waals surface area contributed by atoms with Gasteiger partial charge in [0.15, 0.2) is 0 Å². The molecule has 3 nitrogen and oxygen atoms in total. The Hall–Kier alpha value is -0.870. The summed E-state index contributed by atoms with van der Waals surface area (Å²) in [5.74, 6) is 1.76. The third-order valence-corrected chi connectivity index (χ3v) is 7.77. The van der Waals surface area contributed by atoms with E-state index in [9.17, 15) is 8.42 Å². The van der Waals surface area contributed by atoms with Gasteiger partial charge in [0, 0.05) is 13.1 Å². The van der Waals surface area contributed by atoms with Crippen molar-refractivity contribution in [3.05, 3.63) is 29.8 Å². The predicted molar refractivity (Wildman–Crippen MR) is 98.5 cm³/mol. The van der Waals surface area contributed by atoms with Crippen LogP contribution in [0.5, 0.6) is 0 Å². The van der Waals surface area contributed by atoms with E-state index in [0.717, 1.165) is 37.5 Å². The summed E-state index contributed by atoms with van der Waals surface area (Å²) in [6.45, 7) is 3.70. The zero-order valence-corrected chi connectivity index (χ0v) is 15.7. The van der Waals surface area contributed by atoms with Crippen LogP contribution in [0.15, 0.2) is 29.2 Å². The molecule has 2 fully saturated rings. The third-order valence-electron chi connectivity index (χ3n) is 5.85. The molecule has 1 aromatic rings. The Kier molecular flexibility index (Phi) is 5.98. The Labute approximate surface area is 147 Å². The van der Waals surface area contributed by atoms with Crippen molar-refractivity contribution in [2.75, 3.05) is 13.1 Å². The van der Waals surface area contributed by atoms with Gasteiger partial charge >= 0.3 is 0 Å². The minimum atomic E-state index is -3.29. The van der Waals surface area contributed by atoms with Gasteiger partial charge in [0.05, 0.1) is 4.90 Å². The zero-order chi connectivity index (χ0) is 17.0. The molecule has 1 aliphatic heterocycles. The van der Waals surface area contributed by atoms with E-state index in [4.69, 9.17) is 0 Å². The first kappa shape index (κ1) is 17.9. The number of benzene rings is 1. The van der Waals surface area contributed by atoms with Crippen molar-refractivity contribution in [1.29, 1.82) is 0 Å². The van der Waals surface area contributed by atoms with Crippen LogP contribution in [0.1, 0.15) is 63.9 Å². The highest BCUT2D eigenvalue weighted by atomic mass is 32.2. The molecule has 0 radical (unpaired) electrons. The summed E-state index contributed by atoms with van der Waals surface area (Å²) in [4.78, 5) is 0.458. The average Bonchev–Trinajstić information content (AvgIpc) is 2.62. The van der Waals surface area contributed by atoms with Crippen molar-refractivity contribution < 1.29 is 8.42 Å². The lowest BCUT2D eigenvalue weighted by Gasteiger charge is -2.26. The number of sulfonamides is 1. The summed E-state index contributed by atoms with van der Waals surface area (Å²) in [5, 5.41) is 0. The maximum Gasteiger partial charge on any atom is 0.243 e. The molecule has 1 saturated carbocycles. The highest BCUT2D eigenvalue weighted by molar-refractivity contribution is 7.89. The fourth-order valence-corrected chi connectivity index (χ4v) is 5.59. The standard InChI is InChI=1S/C20H31NO2S/c1-17-5-7-18(8-6-17)9-10-19-11-13-20(14-12-19)24(22,23)21-15-3-2-4-16-21/h11-14,17-18H,2-10,15-16H2,1H3. The molecule has 0 aromatic heterocycles. The van der Waals surface area contributed by atoms with Gasteiger partial charge in [-0.25, -0.2) is 8.42 Å². The normalized spacial score (nSPS) is 26.4. The lowest BCUT2D eigenvalue weighted by atomic mass is 9.80.